The van der Waals surface area contributed by atoms with Crippen molar-refractivity contribution in [3.05, 3.63) is 39.0 Å². The van der Waals surface area contributed by atoms with Crippen LogP contribution in [-0.4, -0.2) is 10.8 Å². The number of rotatable bonds is 1. The fourth-order valence-corrected chi connectivity index (χ4v) is 3.35. The first-order chi connectivity index (χ1) is 9.08. The van der Waals surface area contributed by atoms with Crippen LogP contribution in [0.1, 0.15) is 29.7 Å². The molecule has 0 atom stereocenters. The molecule has 5 heteroatoms. The summed E-state index contributed by atoms with van der Waals surface area (Å²) < 4.78 is 0. The summed E-state index contributed by atoms with van der Waals surface area (Å²) in [6, 6.07) is 3.46. The van der Waals surface area contributed by atoms with E-state index < -0.39 is 0 Å². The minimum Gasteiger partial charge on any atom is -0.384 e. The van der Waals surface area contributed by atoms with E-state index in [4.69, 9.17) is 34.3 Å². The van der Waals surface area contributed by atoms with Crippen molar-refractivity contribution in [2.75, 3.05) is 0 Å². The van der Waals surface area contributed by atoms with Gasteiger partial charge in [-0.15, -0.1) is 0 Å². The SMILES string of the molecule is N=C(N)c1c2c(nc3cc(Cl)cc(Cl)c13)CCCC2. The van der Waals surface area contributed by atoms with E-state index in [9.17, 15) is 0 Å². The van der Waals surface area contributed by atoms with Crippen LogP contribution in [0.2, 0.25) is 10.0 Å². The summed E-state index contributed by atoms with van der Waals surface area (Å²) in [4.78, 5) is 4.66. The first kappa shape index (κ1) is 12.7. The second kappa shape index (κ2) is 4.66. The minimum absolute atomic E-state index is 0.0507. The van der Waals surface area contributed by atoms with Crippen molar-refractivity contribution >= 4 is 39.9 Å². The molecule has 19 heavy (non-hydrogen) atoms. The number of fused-ring (bicyclic) bond motifs is 2. The zero-order valence-electron chi connectivity index (χ0n) is 10.3. The van der Waals surface area contributed by atoms with Gasteiger partial charge >= 0.3 is 0 Å². The Labute approximate surface area is 121 Å². The molecule has 1 aromatic carbocycles. The standard InChI is InChI=1S/C14H13Cl2N3/c15-7-5-9(16)13-11(6-7)19-10-4-2-1-3-8(10)12(13)14(17)18/h5-6H,1-4H2,(H3,17,18). The van der Waals surface area contributed by atoms with Gasteiger partial charge in [0, 0.05) is 21.7 Å². The first-order valence-electron chi connectivity index (χ1n) is 6.23. The predicted molar refractivity (Wildman–Crippen MR) is 79.4 cm³/mol. The number of nitrogens with zero attached hydrogens (tertiary/aromatic N) is 1. The number of aryl methyl sites for hydroxylation is 1. The van der Waals surface area contributed by atoms with Crippen molar-refractivity contribution in [1.29, 1.82) is 5.41 Å². The zero-order valence-corrected chi connectivity index (χ0v) is 11.8. The second-order valence-corrected chi connectivity index (χ2v) is 5.66. The summed E-state index contributed by atoms with van der Waals surface area (Å²) in [5.74, 6) is 0.0507. The molecule has 1 aromatic heterocycles. The Morgan fingerprint density at radius 1 is 1.21 bits per heavy atom. The van der Waals surface area contributed by atoms with E-state index in [0.29, 0.717) is 10.0 Å². The lowest BCUT2D eigenvalue weighted by Crippen LogP contribution is -2.19. The Hall–Kier alpha value is -1.32. The number of aromatic nitrogens is 1. The number of nitrogens with two attached hydrogens (primary N) is 1. The minimum atomic E-state index is 0.0507. The monoisotopic (exact) mass is 293 g/mol. The first-order valence-corrected chi connectivity index (χ1v) is 6.98. The highest BCUT2D eigenvalue weighted by Gasteiger charge is 2.21. The summed E-state index contributed by atoms with van der Waals surface area (Å²) in [5.41, 5.74) is 9.35. The normalized spacial score (nSPS) is 14.4. The van der Waals surface area contributed by atoms with Crippen LogP contribution in [0.25, 0.3) is 10.9 Å². The lowest BCUT2D eigenvalue weighted by atomic mass is 9.89. The maximum atomic E-state index is 7.87. The van der Waals surface area contributed by atoms with Crippen molar-refractivity contribution in [1.82, 2.24) is 4.98 Å². The molecule has 3 rings (SSSR count). The van der Waals surface area contributed by atoms with Crippen LogP contribution in [0.3, 0.4) is 0 Å². The summed E-state index contributed by atoms with van der Waals surface area (Å²) in [5, 5.41) is 9.67. The number of amidine groups is 1. The molecule has 1 aliphatic rings. The topological polar surface area (TPSA) is 62.8 Å². The van der Waals surface area contributed by atoms with Crippen LogP contribution < -0.4 is 5.73 Å². The number of benzene rings is 1. The van der Waals surface area contributed by atoms with E-state index in [0.717, 1.165) is 53.4 Å². The molecule has 0 fully saturated rings. The molecule has 1 aliphatic carbocycles. The van der Waals surface area contributed by atoms with E-state index >= 15 is 0 Å². The van der Waals surface area contributed by atoms with Crippen LogP contribution in [0, 0.1) is 5.41 Å². The van der Waals surface area contributed by atoms with Crippen LogP contribution in [0.15, 0.2) is 12.1 Å². The molecule has 98 valence electrons. The van der Waals surface area contributed by atoms with E-state index in [-0.39, 0.29) is 5.84 Å². The van der Waals surface area contributed by atoms with Gasteiger partial charge in [-0.2, -0.15) is 0 Å². The molecular weight excluding hydrogens is 281 g/mol. The highest BCUT2D eigenvalue weighted by Crippen LogP contribution is 2.34. The van der Waals surface area contributed by atoms with Gasteiger partial charge in [-0.05, 0) is 43.4 Å². The van der Waals surface area contributed by atoms with Gasteiger partial charge in [-0.3, -0.25) is 10.4 Å². The molecule has 0 radical (unpaired) electrons. The summed E-state index contributed by atoms with van der Waals surface area (Å²) in [6.07, 6.45) is 4.06. The molecule has 3 N–H and O–H groups in total. The Morgan fingerprint density at radius 2 is 1.95 bits per heavy atom. The van der Waals surface area contributed by atoms with Crippen molar-refractivity contribution in [2.24, 2.45) is 5.73 Å². The van der Waals surface area contributed by atoms with E-state index in [1.807, 2.05) is 0 Å². The van der Waals surface area contributed by atoms with Crippen LogP contribution >= 0.6 is 23.2 Å². The van der Waals surface area contributed by atoms with Crippen molar-refractivity contribution < 1.29 is 0 Å². The Balaban J connectivity index is 2.46. The summed E-state index contributed by atoms with van der Waals surface area (Å²) in [6.45, 7) is 0. The smallest absolute Gasteiger partial charge is 0.123 e. The van der Waals surface area contributed by atoms with Gasteiger partial charge in [-0.25, -0.2) is 0 Å². The molecule has 0 aliphatic heterocycles. The zero-order chi connectivity index (χ0) is 13.6. The number of nitrogens with one attached hydrogen (secondary N) is 1. The van der Waals surface area contributed by atoms with Crippen LogP contribution in [0.5, 0.6) is 0 Å². The summed E-state index contributed by atoms with van der Waals surface area (Å²) in [7, 11) is 0. The molecular formula is C14H13Cl2N3. The van der Waals surface area contributed by atoms with Crippen molar-refractivity contribution in [2.45, 2.75) is 25.7 Å². The van der Waals surface area contributed by atoms with Gasteiger partial charge in [0.05, 0.1) is 10.5 Å². The molecule has 2 aromatic rings. The van der Waals surface area contributed by atoms with Crippen molar-refractivity contribution in [3.8, 4) is 0 Å². The van der Waals surface area contributed by atoms with Gasteiger partial charge in [0.1, 0.15) is 5.84 Å². The molecule has 0 unspecified atom stereocenters. The van der Waals surface area contributed by atoms with Crippen molar-refractivity contribution in [3.63, 3.8) is 0 Å². The van der Waals surface area contributed by atoms with Gasteiger partial charge in [0.15, 0.2) is 0 Å². The number of hydrogen-bond donors (Lipinski definition) is 2. The van der Waals surface area contributed by atoms with E-state index in [1.54, 1.807) is 12.1 Å². The Kier molecular flexibility index (Phi) is 3.11. The molecule has 3 nitrogen and oxygen atoms in total. The molecule has 0 saturated carbocycles. The predicted octanol–water partition coefficient (Wildman–Crippen LogP) is 3.70. The fourth-order valence-electron chi connectivity index (χ4n) is 2.77. The fraction of sp³-hybridized carbons (Fsp3) is 0.286. The average Bonchev–Trinajstić information content (AvgIpc) is 2.35. The molecule has 0 bridgehead atoms. The number of nitrogen functional groups attached to an aromatic ring is 1. The highest BCUT2D eigenvalue weighted by molar-refractivity contribution is 6.39. The van der Waals surface area contributed by atoms with E-state index in [1.165, 1.54) is 0 Å². The molecule has 0 saturated heterocycles. The Morgan fingerprint density at radius 3 is 2.68 bits per heavy atom. The highest BCUT2D eigenvalue weighted by atomic mass is 35.5. The lowest BCUT2D eigenvalue weighted by molar-refractivity contribution is 0.670. The maximum absolute atomic E-state index is 7.87. The van der Waals surface area contributed by atoms with Gasteiger partial charge in [0.2, 0.25) is 0 Å². The third-order valence-corrected chi connectivity index (χ3v) is 4.07. The van der Waals surface area contributed by atoms with Crippen LogP contribution in [0.4, 0.5) is 0 Å². The lowest BCUT2D eigenvalue weighted by Gasteiger charge is -2.20. The third kappa shape index (κ3) is 2.07. The van der Waals surface area contributed by atoms with Gasteiger partial charge in [-0.1, -0.05) is 23.2 Å². The molecule has 0 amide bonds. The second-order valence-electron chi connectivity index (χ2n) is 4.81. The molecule has 1 heterocycles. The van der Waals surface area contributed by atoms with Crippen LogP contribution in [-0.2, 0) is 12.8 Å². The average molecular weight is 294 g/mol. The third-order valence-electron chi connectivity index (χ3n) is 3.55. The number of hydrogen-bond acceptors (Lipinski definition) is 2. The van der Waals surface area contributed by atoms with E-state index in [2.05, 4.69) is 4.98 Å². The van der Waals surface area contributed by atoms with Gasteiger partial charge < -0.3 is 5.73 Å². The summed E-state index contributed by atoms with van der Waals surface area (Å²) >= 11 is 12.3. The number of halogens is 2. The van der Waals surface area contributed by atoms with Gasteiger partial charge in [0.25, 0.3) is 0 Å². The quantitative estimate of drug-likeness (QED) is 0.622. The number of pyridine rings is 1. The largest absolute Gasteiger partial charge is 0.384 e. The Bertz CT molecular complexity index is 695. The maximum Gasteiger partial charge on any atom is 0.123 e. The molecule has 0 spiro atoms.